The molecule has 1 N–H and O–H groups in total. The van der Waals surface area contributed by atoms with E-state index < -0.39 is 0 Å². The van der Waals surface area contributed by atoms with Gasteiger partial charge in [-0.15, -0.1) is 0 Å². The number of hydrogen-bond donors (Lipinski definition) is 1. The molecule has 0 radical (unpaired) electrons. The van der Waals surface area contributed by atoms with Crippen molar-refractivity contribution in [1.29, 1.82) is 0 Å². The van der Waals surface area contributed by atoms with Crippen molar-refractivity contribution in [2.24, 2.45) is 0 Å². The molecule has 1 aliphatic rings. The van der Waals surface area contributed by atoms with Crippen LogP contribution in [0.15, 0.2) is 12.7 Å². The van der Waals surface area contributed by atoms with Gasteiger partial charge in [0.05, 0.1) is 20.0 Å². The van der Waals surface area contributed by atoms with E-state index in [9.17, 15) is 4.79 Å². The molecule has 0 atom stereocenters. The standard InChI is InChI=1S/C12H16N6O2/c1-20-9(19)6-17-2-4-18(5-3-17)12-10-11(14-7-13-10)15-8-16-12/h7-8H,2-6H2,1H3,(H,13,14,15,16). The fraction of sp³-hybridized carbons (Fsp3) is 0.500. The van der Waals surface area contributed by atoms with Crippen molar-refractivity contribution < 1.29 is 9.53 Å². The Morgan fingerprint density at radius 1 is 1.30 bits per heavy atom. The second-order valence-electron chi connectivity index (χ2n) is 4.64. The first-order valence-electron chi connectivity index (χ1n) is 6.46. The molecular formula is C12H16N6O2. The molecule has 0 saturated carbocycles. The van der Waals surface area contributed by atoms with E-state index in [0.717, 1.165) is 37.5 Å². The van der Waals surface area contributed by atoms with Crippen LogP contribution in [-0.4, -0.2) is 70.6 Å². The van der Waals surface area contributed by atoms with Crippen LogP contribution >= 0.6 is 0 Å². The van der Waals surface area contributed by atoms with Gasteiger partial charge in [-0.05, 0) is 0 Å². The minimum atomic E-state index is -0.198. The molecule has 106 valence electrons. The molecule has 2 aromatic heterocycles. The lowest BCUT2D eigenvalue weighted by Crippen LogP contribution is -2.48. The number of fused-ring (bicyclic) bond motifs is 1. The lowest BCUT2D eigenvalue weighted by molar-refractivity contribution is -0.142. The SMILES string of the molecule is COC(=O)CN1CCN(c2ncnc3nc[nH]c23)CC1. The summed E-state index contributed by atoms with van der Waals surface area (Å²) in [6.45, 7) is 3.56. The number of H-pyrrole nitrogens is 1. The van der Waals surface area contributed by atoms with Crippen molar-refractivity contribution in [2.45, 2.75) is 0 Å². The molecule has 3 heterocycles. The predicted octanol–water partition coefficient (Wildman–Crippen LogP) is -0.352. The molecule has 1 fully saturated rings. The van der Waals surface area contributed by atoms with E-state index in [2.05, 4.69) is 34.5 Å². The van der Waals surface area contributed by atoms with E-state index in [-0.39, 0.29) is 5.97 Å². The predicted molar refractivity (Wildman–Crippen MR) is 72.4 cm³/mol. The Morgan fingerprint density at radius 3 is 2.85 bits per heavy atom. The Morgan fingerprint density at radius 2 is 2.10 bits per heavy atom. The van der Waals surface area contributed by atoms with Crippen LogP contribution in [-0.2, 0) is 9.53 Å². The second-order valence-corrected chi connectivity index (χ2v) is 4.64. The van der Waals surface area contributed by atoms with E-state index in [4.69, 9.17) is 0 Å². The Balaban J connectivity index is 1.69. The van der Waals surface area contributed by atoms with Crippen LogP contribution in [0.4, 0.5) is 5.82 Å². The summed E-state index contributed by atoms with van der Waals surface area (Å²) in [5.74, 6) is 0.668. The van der Waals surface area contributed by atoms with Gasteiger partial charge in [-0.25, -0.2) is 15.0 Å². The molecule has 0 spiro atoms. The van der Waals surface area contributed by atoms with Crippen LogP contribution in [0.25, 0.3) is 11.2 Å². The summed E-state index contributed by atoms with van der Waals surface area (Å²) in [6, 6.07) is 0. The highest BCUT2D eigenvalue weighted by Gasteiger charge is 2.22. The van der Waals surface area contributed by atoms with Gasteiger partial charge in [0.2, 0.25) is 0 Å². The number of nitrogens with zero attached hydrogens (tertiary/aromatic N) is 5. The number of anilines is 1. The largest absolute Gasteiger partial charge is 0.468 e. The molecular weight excluding hydrogens is 260 g/mol. The van der Waals surface area contributed by atoms with Crippen LogP contribution < -0.4 is 4.90 Å². The Labute approximate surface area is 115 Å². The molecule has 1 saturated heterocycles. The first kappa shape index (κ1) is 12.8. The lowest BCUT2D eigenvalue weighted by Gasteiger charge is -2.34. The van der Waals surface area contributed by atoms with Crippen molar-refractivity contribution in [3.8, 4) is 0 Å². The number of imidazole rings is 1. The van der Waals surface area contributed by atoms with Crippen LogP contribution in [0.5, 0.6) is 0 Å². The second kappa shape index (κ2) is 5.41. The van der Waals surface area contributed by atoms with Crippen molar-refractivity contribution >= 4 is 23.0 Å². The smallest absolute Gasteiger partial charge is 0.319 e. The molecule has 0 aliphatic carbocycles. The summed E-state index contributed by atoms with van der Waals surface area (Å²) in [5, 5.41) is 0. The van der Waals surface area contributed by atoms with Gasteiger partial charge in [-0.2, -0.15) is 0 Å². The fourth-order valence-electron chi connectivity index (χ4n) is 2.36. The average molecular weight is 276 g/mol. The Kier molecular flexibility index (Phi) is 3.46. The van der Waals surface area contributed by atoms with Crippen LogP contribution in [0.3, 0.4) is 0 Å². The molecule has 3 rings (SSSR count). The average Bonchev–Trinajstić information content (AvgIpc) is 2.96. The Bertz CT molecular complexity index is 605. The van der Waals surface area contributed by atoms with Crippen molar-refractivity contribution in [1.82, 2.24) is 24.8 Å². The molecule has 0 unspecified atom stereocenters. The molecule has 0 bridgehead atoms. The zero-order valence-electron chi connectivity index (χ0n) is 11.2. The third-order valence-corrected chi connectivity index (χ3v) is 3.46. The number of piperazine rings is 1. The van der Waals surface area contributed by atoms with E-state index in [1.54, 1.807) is 6.33 Å². The van der Waals surface area contributed by atoms with Gasteiger partial charge >= 0.3 is 5.97 Å². The number of rotatable bonds is 3. The van der Waals surface area contributed by atoms with E-state index in [1.807, 2.05) is 0 Å². The van der Waals surface area contributed by atoms with Gasteiger partial charge in [-0.3, -0.25) is 9.69 Å². The van der Waals surface area contributed by atoms with E-state index in [1.165, 1.54) is 13.4 Å². The quantitative estimate of drug-likeness (QED) is 0.766. The fourth-order valence-corrected chi connectivity index (χ4v) is 2.36. The van der Waals surface area contributed by atoms with Gasteiger partial charge < -0.3 is 14.6 Å². The van der Waals surface area contributed by atoms with Crippen molar-refractivity contribution in [2.75, 3.05) is 44.7 Å². The first-order chi connectivity index (χ1) is 9.78. The minimum absolute atomic E-state index is 0.198. The maximum atomic E-state index is 11.3. The van der Waals surface area contributed by atoms with Gasteiger partial charge in [0.1, 0.15) is 11.8 Å². The lowest BCUT2D eigenvalue weighted by atomic mass is 10.3. The highest BCUT2D eigenvalue weighted by atomic mass is 16.5. The van der Waals surface area contributed by atoms with Gasteiger partial charge in [0, 0.05) is 26.2 Å². The summed E-state index contributed by atoms with van der Waals surface area (Å²) >= 11 is 0. The maximum absolute atomic E-state index is 11.3. The molecule has 8 nitrogen and oxygen atoms in total. The molecule has 2 aromatic rings. The monoisotopic (exact) mass is 276 g/mol. The van der Waals surface area contributed by atoms with Crippen LogP contribution in [0.2, 0.25) is 0 Å². The maximum Gasteiger partial charge on any atom is 0.319 e. The number of aromatic nitrogens is 4. The topological polar surface area (TPSA) is 87.2 Å². The zero-order valence-corrected chi connectivity index (χ0v) is 11.2. The molecule has 0 aromatic carbocycles. The van der Waals surface area contributed by atoms with Crippen LogP contribution in [0.1, 0.15) is 0 Å². The summed E-state index contributed by atoms with van der Waals surface area (Å²) in [4.78, 5) is 31.2. The number of esters is 1. The number of carbonyl (C=O) groups excluding carboxylic acids is 1. The number of hydrogen-bond acceptors (Lipinski definition) is 7. The first-order valence-corrected chi connectivity index (χ1v) is 6.46. The molecule has 20 heavy (non-hydrogen) atoms. The number of nitrogens with one attached hydrogen (secondary N) is 1. The van der Waals surface area contributed by atoms with Gasteiger partial charge in [0.25, 0.3) is 0 Å². The van der Waals surface area contributed by atoms with E-state index in [0.29, 0.717) is 12.2 Å². The summed E-state index contributed by atoms with van der Waals surface area (Å²) < 4.78 is 4.68. The third-order valence-electron chi connectivity index (χ3n) is 3.46. The molecule has 1 aliphatic heterocycles. The normalized spacial score (nSPS) is 16.6. The van der Waals surface area contributed by atoms with Crippen LogP contribution in [0, 0.1) is 0 Å². The highest BCUT2D eigenvalue weighted by Crippen LogP contribution is 2.20. The number of aromatic amines is 1. The summed E-state index contributed by atoms with van der Waals surface area (Å²) in [5.41, 5.74) is 1.53. The van der Waals surface area contributed by atoms with E-state index >= 15 is 0 Å². The molecule has 8 heteroatoms. The van der Waals surface area contributed by atoms with Gasteiger partial charge in [0.15, 0.2) is 11.5 Å². The minimum Gasteiger partial charge on any atom is -0.468 e. The Hall–Kier alpha value is -2.22. The number of ether oxygens (including phenoxy) is 1. The van der Waals surface area contributed by atoms with Crippen molar-refractivity contribution in [3.05, 3.63) is 12.7 Å². The van der Waals surface area contributed by atoms with Crippen molar-refractivity contribution in [3.63, 3.8) is 0 Å². The van der Waals surface area contributed by atoms with Gasteiger partial charge in [-0.1, -0.05) is 0 Å². The summed E-state index contributed by atoms with van der Waals surface area (Å²) in [6.07, 6.45) is 3.15. The third kappa shape index (κ3) is 2.42. The number of carbonyl (C=O) groups is 1. The zero-order chi connectivity index (χ0) is 13.9. The highest BCUT2D eigenvalue weighted by molar-refractivity contribution is 5.82. The number of methoxy groups -OCH3 is 1. The molecule has 0 amide bonds. The summed E-state index contributed by atoms with van der Waals surface area (Å²) in [7, 11) is 1.41.